The molecule has 0 unspecified atom stereocenters. The lowest BCUT2D eigenvalue weighted by Crippen LogP contribution is -2.39. The summed E-state index contributed by atoms with van der Waals surface area (Å²) in [5.41, 5.74) is 13.4. The van der Waals surface area contributed by atoms with Crippen LogP contribution in [0.3, 0.4) is 0 Å². The SMILES string of the molecule is Cc1cc2c(cc1-c1csc(N3CCC(N)CC3)n1)C(C)(C)CCC2(C)C. The summed E-state index contributed by atoms with van der Waals surface area (Å²) in [6.45, 7) is 13.9. The Hall–Kier alpha value is -1.39. The summed E-state index contributed by atoms with van der Waals surface area (Å²) >= 11 is 1.77. The van der Waals surface area contributed by atoms with E-state index < -0.39 is 0 Å². The van der Waals surface area contributed by atoms with E-state index in [0.717, 1.165) is 36.8 Å². The number of fused-ring (bicyclic) bond motifs is 1. The Morgan fingerprint density at radius 1 is 1.04 bits per heavy atom. The predicted molar refractivity (Wildman–Crippen MR) is 117 cm³/mol. The number of anilines is 1. The van der Waals surface area contributed by atoms with Crippen LogP contribution in [0.15, 0.2) is 17.5 Å². The summed E-state index contributed by atoms with van der Waals surface area (Å²) in [5.74, 6) is 0. The molecule has 1 aromatic carbocycles. The topological polar surface area (TPSA) is 42.1 Å². The van der Waals surface area contributed by atoms with E-state index in [1.54, 1.807) is 11.3 Å². The van der Waals surface area contributed by atoms with Crippen LogP contribution in [0, 0.1) is 6.92 Å². The standard InChI is InChI=1S/C23H33N3S/c1-15-12-18-19(23(4,5)9-8-22(18,2)3)13-17(15)20-14-27-21(25-20)26-10-6-16(24)7-11-26/h12-14,16H,6-11,24H2,1-5H3. The summed E-state index contributed by atoms with van der Waals surface area (Å²) in [7, 11) is 0. The van der Waals surface area contributed by atoms with Gasteiger partial charge in [-0.25, -0.2) is 4.98 Å². The van der Waals surface area contributed by atoms with Crippen LogP contribution in [0.2, 0.25) is 0 Å². The van der Waals surface area contributed by atoms with Crippen LogP contribution in [0.5, 0.6) is 0 Å². The molecule has 3 nitrogen and oxygen atoms in total. The number of nitrogens with zero attached hydrogens (tertiary/aromatic N) is 2. The summed E-state index contributed by atoms with van der Waals surface area (Å²) < 4.78 is 0. The van der Waals surface area contributed by atoms with E-state index in [0.29, 0.717) is 6.04 Å². The summed E-state index contributed by atoms with van der Waals surface area (Å²) in [5, 5.41) is 3.38. The van der Waals surface area contributed by atoms with Crippen LogP contribution in [-0.4, -0.2) is 24.1 Å². The Morgan fingerprint density at radius 2 is 1.63 bits per heavy atom. The number of piperidine rings is 1. The van der Waals surface area contributed by atoms with E-state index in [4.69, 9.17) is 10.7 Å². The van der Waals surface area contributed by atoms with Crippen molar-refractivity contribution in [3.05, 3.63) is 34.2 Å². The van der Waals surface area contributed by atoms with Crippen molar-refractivity contribution in [2.45, 2.75) is 77.2 Å². The number of nitrogens with two attached hydrogens (primary N) is 1. The number of rotatable bonds is 2. The fraction of sp³-hybridized carbons (Fsp3) is 0.609. The maximum absolute atomic E-state index is 6.06. The Bertz CT molecular complexity index is 841. The van der Waals surface area contributed by atoms with Crippen LogP contribution in [-0.2, 0) is 10.8 Å². The molecular weight excluding hydrogens is 350 g/mol. The minimum absolute atomic E-state index is 0.231. The molecule has 1 saturated heterocycles. The first-order valence-electron chi connectivity index (χ1n) is 10.3. The quantitative estimate of drug-likeness (QED) is 0.755. The van der Waals surface area contributed by atoms with Gasteiger partial charge in [0.15, 0.2) is 5.13 Å². The molecule has 1 aliphatic carbocycles. The van der Waals surface area contributed by atoms with Gasteiger partial charge < -0.3 is 10.6 Å². The lowest BCUT2D eigenvalue weighted by Gasteiger charge is -2.42. The molecule has 2 aliphatic rings. The molecule has 4 rings (SSSR count). The first-order valence-corrected chi connectivity index (χ1v) is 11.2. The zero-order valence-corrected chi connectivity index (χ0v) is 18.2. The van der Waals surface area contributed by atoms with Crippen LogP contribution in [0.1, 0.15) is 70.1 Å². The molecule has 2 aromatic rings. The normalized spacial score (nSPS) is 21.9. The monoisotopic (exact) mass is 383 g/mol. The van der Waals surface area contributed by atoms with Gasteiger partial charge in [-0.2, -0.15) is 0 Å². The summed E-state index contributed by atoms with van der Waals surface area (Å²) in [6.07, 6.45) is 4.63. The number of thiazole rings is 1. The molecule has 0 radical (unpaired) electrons. The van der Waals surface area contributed by atoms with Gasteiger partial charge >= 0.3 is 0 Å². The summed E-state index contributed by atoms with van der Waals surface area (Å²) in [6, 6.07) is 5.23. The van der Waals surface area contributed by atoms with E-state index in [2.05, 4.69) is 57.0 Å². The highest BCUT2D eigenvalue weighted by Crippen LogP contribution is 2.47. The van der Waals surface area contributed by atoms with Gasteiger partial charge in [0.1, 0.15) is 0 Å². The number of aromatic nitrogens is 1. The second-order valence-corrected chi connectivity index (χ2v) is 10.7. The van der Waals surface area contributed by atoms with Crippen molar-refractivity contribution in [3.63, 3.8) is 0 Å². The van der Waals surface area contributed by atoms with Crippen LogP contribution in [0.4, 0.5) is 5.13 Å². The minimum atomic E-state index is 0.231. The Morgan fingerprint density at radius 3 is 2.26 bits per heavy atom. The molecule has 0 spiro atoms. The molecule has 0 atom stereocenters. The molecule has 2 N–H and O–H groups in total. The summed E-state index contributed by atoms with van der Waals surface area (Å²) in [4.78, 5) is 7.43. The van der Waals surface area contributed by atoms with Gasteiger partial charge in [-0.1, -0.05) is 33.8 Å². The van der Waals surface area contributed by atoms with Crippen molar-refractivity contribution < 1.29 is 0 Å². The fourth-order valence-electron chi connectivity index (χ4n) is 4.62. The second kappa shape index (κ2) is 6.59. The molecule has 27 heavy (non-hydrogen) atoms. The van der Waals surface area contributed by atoms with Crippen LogP contribution >= 0.6 is 11.3 Å². The van der Waals surface area contributed by atoms with Gasteiger partial charge in [0, 0.05) is 30.1 Å². The molecule has 4 heteroatoms. The number of benzene rings is 1. The van der Waals surface area contributed by atoms with Gasteiger partial charge in [-0.05, 0) is 66.2 Å². The number of aryl methyl sites for hydroxylation is 1. The molecule has 146 valence electrons. The average molecular weight is 384 g/mol. The third-order valence-electron chi connectivity index (χ3n) is 6.78. The molecule has 0 amide bonds. The minimum Gasteiger partial charge on any atom is -0.348 e. The van der Waals surface area contributed by atoms with Crippen molar-refractivity contribution >= 4 is 16.5 Å². The van der Waals surface area contributed by atoms with Crippen LogP contribution < -0.4 is 10.6 Å². The molecule has 1 aromatic heterocycles. The molecule has 1 fully saturated rings. The van der Waals surface area contributed by atoms with E-state index in [-0.39, 0.29) is 10.8 Å². The van der Waals surface area contributed by atoms with Crippen molar-refractivity contribution in [2.75, 3.05) is 18.0 Å². The molecule has 0 bridgehead atoms. The highest BCUT2D eigenvalue weighted by atomic mass is 32.1. The molecule has 0 saturated carbocycles. The smallest absolute Gasteiger partial charge is 0.185 e. The largest absolute Gasteiger partial charge is 0.348 e. The van der Waals surface area contributed by atoms with Crippen molar-refractivity contribution in [1.82, 2.24) is 4.98 Å². The third kappa shape index (κ3) is 3.42. The Kier molecular flexibility index (Phi) is 4.63. The maximum Gasteiger partial charge on any atom is 0.185 e. The van der Waals surface area contributed by atoms with Gasteiger partial charge in [-0.3, -0.25) is 0 Å². The van der Waals surface area contributed by atoms with E-state index in [1.807, 2.05) is 0 Å². The zero-order valence-electron chi connectivity index (χ0n) is 17.4. The maximum atomic E-state index is 6.06. The Labute approximate surface area is 168 Å². The lowest BCUT2D eigenvalue weighted by molar-refractivity contribution is 0.332. The van der Waals surface area contributed by atoms with Gasteiger partial charge in [0.05, 0.1) is 5.69 Å². The Balaban J connectivity index is 1.71. The van der Waals surface area contributed by atoms with Crippen molar-refractivity contribution in [1.29, 1.82) is 0 Å². The molecular formula is C23H33N3S. The molecule has 1 aliphatic heterocycles. The van der Waals surface area contributed by atoms with Gasteiger partial charge in [0.2, 0.25) is 0 Å². The first kappa shape index (κ1) is 18.9. The van der Waals surface area contributed by atoms with Crippen molar-refractivity contribution in [3.8, 4) is 11.3 Å². The van der Waals surface area contributed by atoms with E-state index >= 15 is 0 Å². The second-order valence-electron chi connectivity index (χ2n) is 9.82. The zero-order chi connectivity index (χ0) is 19.4. The third-order valence-corrected chi connectivity index (χ3v) is 7.68. The number of hydrogen-bond donors (Lipinski definition) is 1. The predicted octanol–water partition coefficient (Wildman–Crippen LogP) is 5.40. The first-order chi connectivity index (χ1) is 12.7. The van der Waals surface area contributed by atoms with Crippen LogP contribution in [0.25, 0.3) is 11.3 Å². The van der Waals surface area contributed by atoms with Crippen molar-refractivity contribution in [2.24, 2.45) is 5.73 Å². The lowest BCUT2D eigenvalue weighted by atomic mass is 9.62. The highest BCUT2D eigenvalue weighted by Gasteiger charge is 2.37. The number of hydrogen-bond acceptors (Lipinski definition) is 4. The highest BCUT2D eigenvalue weighted by molar-refractivity contribution is 7.14. The average Bonchev–Trinajstić information content (AvgIpc) is 3.09. The van der Waals surface area contributed by atoms with Gasteiger partial charge in [-0.15, -0.1) is 11.3 Å². The van der Waals surface area contributed by atoms with E-state index in [9.17, 15) is 0 Å². The molecule has 2 heterocycles. The van der Waals surface area contributed by atoms with Gasteiger partial charge in [0.25, 0.3) is 0 Å². The fourth-order valence-corrected chi connectivity index (χ4v) is 5.50. The van der Waals surface area contributed by atoms with E-state index in [1.165, 1.54) is 35.1 Å².